The lowest BCUT2D eigenvalue weighted by Gasteiger charge is -2.15. The number of benzene rings is 2. The second-order valence-electron chi connectivity index (χ2n) is 8.02. The zero-order valence-corrected chi connectivity index (χ0v) is 17.3. The third kappa shape index (κ3) is 3.12. The molecule has 3 N–H and O–H groups in total. The smallest absolute Gasteiger partial charge is 0.260 e. The van der Waals surface area contributed by atoms with Gasteiger partial charge in [-0.3, -0.25) is 4.79 Å². The van der Waals surface area contributed by atoms with Crippen molar-refractivity contribution in [1.82, 2.24) is 5.16 Å². The summed E-state index contributed by atoms with van der Waals surface area (Å²) in [7, 11) is 0. The van der Waals surface area contributed by atoms with Crippen molar-refractivity contribution in [3.8, 4) is 11.1 Å². The summed E-state index contributed by atoms with van der Waals surface area (Å²) in [5, 5.41) is 26.9. The second-order valence-corrected chi connectivity index (χ2v) is 8.43. The Kier molecular flexibility index (Phi) is 4.42. The van der Waals surface area contributed by atoms with Crippen molar-refractivity contribution in [3.05, 3.63) is 69.8 Å². The van der Waals surface area contributed by atoms with Gasteiger partial charge in [-0.15, -0.1) is 0 Å². The Morgan fingerprint density at radius 3 is 2.61 bits per heavy atom. The van der Waals surface area contributed by atoms with Gasteiger partial charge in [0.2, 0.25) is 5.76 Å². The molecule has 1 amide bonds. The van der Waals surface area contributed by atoms with Gasteiger partial charge in [-0.2, -0.15) is 0 Å². The Labute approximate surface area is 181 Å². The lowest BCUT2D eigenvalue weighted by Crippen LogP contribution is -2.12. The summed E-state index contributed by atoms with van der Waals surface area (Å²) >= 11 is 6.41. The SMILES string of the molecule is Cc1cc(C(O)=C2C(=O)Nc3cc(Cl)c(-c4ccc(C5(CO)CC5)cc4F)cc32)on1. The Balaban J connectivity index is 1.62. The van der Waals surface area contributed by atoms with Gasteiger partial charge in [-0.1, -0.05) is 28.9 Å². The summed E-state index contributed by atoms with van der Waals surface area (Å²) < 4.78 is 20.1. The largest absolute Gasteiger partial charge is 0.504 e. The molecule has 158 valence electrons. The molecule has 0 radical (unpaired) electrons. The van der Waals surface area contributed by atoms with E-state index < -0.39 is 11.7 Å². The van der Waals surface area contributed by atoms with Crippen molar-refractivity contribution in [2.45, 2.75) is 25.2 Å². The van der Waals surface area contributed by atoms with E-state index in [-0.39, 0.29) is 39.7 Å². The minimum Gasteiger partial charge on any atom is -0.504 e. The zero-order chi connectivity index (χ0) is 21.9. The Hall–Kier alpha value is -3.16. The summed E-state index contributed by atoms with van der Waals surface area (Å²) in [6.07, 6.45) is 1.65. The van der Waals surface area contributed by atoms with Crippen molar-refractivity contribution in [1.29, 1.82) is 0 Å². The predicted octanol–water partition coefficient (Wildman–Crippen LogP) is 4.84. The molecule has 2 aliphatic rings. The first-order valence-electron chi connectivity index (χ1n) is 9.76. The van der Waals surface area contributed by atoms with Crippen LogP contribution in [0.15, 0.2) is 40.9 Å². The van der Waals surface area contributed by atoms with Crippen LogP contribution in [0.5, 0.6) is 0 Å². The quantitative estimate of drug-likeness (QED) is 0.398. The summed E-state index contributed by atoms with van der Waals surface area (Å²) in [6, 6.07) is 9.46. The third-order valence-corrected chi connectivity index (χ3v) is 6.29. The third-order valence-electron chi connectivity index (χ3n) is 5.98. The Morgan fingerprint density at radius 1 is 1.23 bits per heavy atom. The molecule has 5 rings (SSSR count). The molecule has 31 heavy (non-hydrogen) atoms. The van der Waals surface area contributed by atoms with Gasteiger partial charge >= 0.3 is 0 Å². The average molecular weight is 441 g/mol. The van der Waals surface area contributed by atoms with Crippen LogP contribution in [-0.2, 0) is 10.2 Å². The van der Waals surface area contributed by atoms with Crippen LogP contribution in [0.3, 0.4) is 0 Å². The molecule has 1 aliphatic heterocycles. The fraction of sp³-hybridized carbons (Fsp3) is 0.217. The molecule has 1 aromatic heterocycles. The number of rotatable bonds is 4. The van der Waals surface area contributed by atoms with Crippen molar-refractivity contribution in [3.63, 3.8) is 0 Å². The number of carbonyl (C=O) groups excluding carboxylic acids is 1. The van der Waals surface area contributed by atoms with Gasteiger partial charge in [-0.25, -0.2) is 4.39 Å². The predicted molar refractivity (Wildman–Crippen MR) is 114 cm³/mol. The maximum Gasteiger partial charge on any atom is 0.260 e. The highest BCUT2D eigenvalue weighted by Gasteiger charge is 2.44. The number of aliphatic hydroxyl groups is 2. The van der Waals surface area contributed by atoms with E-state index in [4.69, 9.17) is 16.1 Å². The highest BCUT2D eigenvalue weighted by molar-refractivity contribution is 6.38. The Morgan fingerprint density at radius 2 is 2.00 bits per heavy atom. The van der Waals surface area contributed by atoms with Crippen LogP contribution in [-0.4, -0.2) is 27.9 Å². The number of aromatic nitrogens is 1. The van der Waals surface area contributed by atoms with Gasteiger partial charge in [0, 0.05) is 28.2 Å². The monoisotopic (exact) mass is 440 g/mol. The number of carbonyl (C=O) groups is 1. The molecule has 2 heterocycles. The van der Waals surface area contributed by atoms with E-state index >= 15 is 4.39 Å². The van der Waals surface area contributed by atoms with Crippen LogP contribution in [0.25, 0.3) is 22.5 Å². The number of anilines is 1. The molecule has 0 atom stereocenters. The molecule has 1 aliphatic carbocycles. The van der Waals surface area contributed by atoms with Gasteiger partial charge in [0.25, 0.3) is 5.91 Å². The Bertz CT molecular complexity index is 1280. The van der Waals surface area contributed by atoms with Gasteiger partial charge in [0.1, 0.15) is 5.82 Å². The lowest BCUT2D eigenvalue weighted by atomic mass is 9.92. The van der Waals surface area contributed by atoms with Gasteiger partial charge in [0.05, 0.1) is 28.6 Å². The molecule has 3 aromatic rings. The first-order valence-corrected chi connectivity index (χ1v) is 10.1. The number of amides is 1. The van der Waals surface area contributed by atoms with E-state index in [1.54, 1.807) is 25.1 Å². The number of hydrogen-bond acceptors (Lipinski definition) is 5. The normalized spacial score (nSPS) is 18.0. The highest BCUT2D eigenvalue weighted by Crippen LogP contribution is 2.49. The molecule has 0 unspecified atom stereocenters. The molecule has 8 heteroatoms. The van der Waals surface area contributed by atoms with Crippen molar-refractivity contribution < 1.29 is 23.9 Å². The fourth-order valence-corrected chi connectivity index (χ4v) is 4.25. The molecule has 2 aromatic carbocycles. The molecule has 0 bridgehead atoms. The fourth-order valence-electron chi connectivity index (χ4n) is 3.98. The first kappa shape index (κ1) is 19.8. The maximum absolute atomic E-state index is 15.1. The van der Waals surface area contributed by atoms with E-state index in [1.807, 2.05) is 0 Å². The number of nitrogens with one attached hydrogen (secondary N) is 1. The number of halogens is 2. The van der Waals surface area contributed by atoms with Crippen LogP contribution < -0.4 is 5.32 Å². The van der Waals surface area contributed by atoms with Crippen molar-refractivity contribution in [2.24, 2.45) is 0 Å². The van der Waals surface area contributed by atoms with Crippen molar-refractivity contribution >= 4 is 34.5 Å². The minimum absolute atomic E-state index is 0.00157. The van der Waals surface area contributed by atoms with E-state index in [2.05, 4.69) is 10.5 Å². The summed E-state index contributed by atoms with van der Waals surface area (Å²) in [5.41, 5.74) is 2.39. The number of aryl methyl sites for hydroxylation is 1. The summed E-state index contributed by atoms with van der Waals surface area (Å²) in [5.74, 6) is -1.30. The first-order chi connectivity index (χ1) is 14.8. The number of aliphatic hydroxyl groups excluding tert-OH is 2. The molecule has 0 saturated heterocycles. The highest BCUT2D eigenvalue weighted by atomic mass is 35.5. The van der Waals surface area contributed by atoms with Crippen molar-refractivity contribution in [2.75, 3.05) is 11.9 Å². The maximum atomic E-state index is 15.1. The number of nitrogens with zero attached hydrogens (tertiary/aromatic N) is 1. The average Bonchev–Trinajstić information content (AvgIpc) is 3.32. The van der Waals surface area contributed by atoms with E-state index in [1.165, 1.54) is 18.2 Å². The number of fused-ring (bicyclic) bond motifs is 1. The lowest BCUT2D eigenvalue weighted by molar-refractivity contribution is -0.110. The molecular formula is C23H18ClFN2O4. The standard InChI is InChI=1S/C23H18ClFN2O4/c1-11-6-19(31-27-11)21(29)20-15-8-14(16(24)9-18(15)26-22(20)30)13-3-2-12(7-17(13)25)23(10-28)4-5-23/h2-3,6-9,28-29H,4-5,10H2,1H3,(H,26,30). The molecule has 1 saturated carbocycles. The number of hydrogen-bond donors (Lipinski definition) is 3. The van der Waals surface area contributed by atoms with E-state index in [9.17, 15) is 15.0 Å². The van der Waals surface area contributed by atoms with Crippen LogP contribution in [0, 0.1) is 12.7 Å². The minimum atomic E-state index is -0.524. The second kappa shape index (κ2) is 6.93. The van der Waals surface area contributed by atoms with Crippen LogP contribution >= 0.6 is 11.6 Å². The van der Waals surface area contributed by atoms with Crippen LogP contribution in [0.4, 0.5) is 10.1 Å². The van der Waals surface area contributed by atoms with Gasteiger partial charge in [0.15, 0.2) is 5.76 Å². The van der Waals surface area contributed by atoms with Crippen LogP contribution in [0.2, 0.25) is 5.02 Å². The van der Waals surface area contributed by atoms with Crippen LogP contribution in [0.1, 0.15) is 35.4 Å². The van der Waals surface area contributed by atoms with E-state index in [0.29, 0.717) is 22.5 Å². The molecule has 0 spiro atoms. The molecule has 1 fully saturated rings. The topological polar surface area (TPSA) is 95.6 Å². The zero-order valence-electron chi connectivity index (χ0n) is 16.5. The van der Waals surface area contributed by atoms with E-state index in [0.717, 1.165) is 18.4 Å². The summed E-state index contributed by atoms with van der Waals surface area (Å²) in [6.45, 7) is 1.67. The van der Waals surface area contributed by atoms with Gasteiger partial charge < -0.3 is 20.1 Å². The van der Waals surface area contributed by atoms with Gasteiger partial charge in [-0.05, 0) is 43.5 Å². The molecular weight excluding hydrogens is 423 g/mol. The summed E-state index contributed by atoms with van der Waals surface area (Å²) in [4.78, 5) is 12.5. The molecule has 6 nitrogen and oxygen atoms in total.